The molecule has 35 heavy (non-hydrogen) atoms. The smallest absolute Gasteiger partial charge is 0.326 e. The van der Waals surface area contributed by atoms with Crippen LogP contribution in [0, 0.1) is 0 Å². The van der Waals surface area contributed by atoms with Gasteiger partial charge in [-0.15, -0.1) is 0 Å². The maximum absolute atomic E-state index is 13.6. The van der Waals surface area contributed by atoms with E-state index in [1.54, 1.807) is 26.2 Å². The molecule has 1 aliphatic heterocycles. The van der Waals surface area contributed by atoms with E-state index in [-0.39, 0.29) is 31.9 Å². The number of carbonyl (C=O) groups is 3. The molecule has 0 fully saturated rings. The molecule has 0 saturated heterocycles. The van der Waals surface area contributed by atoms with Crippen molar-refractivity contribution in [3.63, 3.8) is 0 Å². The van der Waals surface area contributed by atoms with Crippen molar-refractivity contribution in [3.05, 3.63) is 72.2 Å². The van der Waals surface area contributed by atoms with Crippen molar-refractivity contribution < 1.29 is 28.3 Å². The van der Waals surface area contributed by atoms with Gasteiger partial charge in [-0.25, -0.2) is 4.98 Å². The number of ether oxygens (including phenoxy) is 2. The van der Waals surface area contributed by atoms with Crippen molar-refractivity contribution in [1.82, 2.24) is 9.88 Å². The average molecular weight is 478 g/mol. The molecular formula is C26H27N3O6. The zero-order chi connectivity index (χ0) is 24.8. The number of hydrogen-bond donors (Lipinski definition) is 0. The maximum Gasteiger partial charge on any atom is 0.326 e. The molecule has 0 radical (unpaired) electrons. The molecule has 1 unspecified atom stereocenters. The van der Waals surface area contributed by atoms with Crippen molar-refractivity contribution in [2.45, 2.75) is 19.4 Å². The lowest BCUT2D eigenvalue weighted by atomic mass is 10.0. The molecule has 182 valence electrons. The molecule has 2 aromatic carbocycles. The first-order valence-corrected chi connectivity index (χ1v) is 11.4. The number of oxazole rings is 1. The average Bonchev–Trinajstić information content (AvgIpc) is 3.38. The molecule has 0 saturated carbocycles. The molecule has 0 bridgehead atoms. The lowest BCUT2D eigenvalue weighted by Crippen LogP contribution is -2.45. The number of amides is 2. The number of esters is 1. The third kappa shape index (κ3) is 5.25. The Kier molecular flexibility index (Phi) is 7.57. The van der Waals surface area contributed by atoms with Crippen LogP contribution in [0.2, 0.25) is 0 Å². The standard InChI is InChI=1S/C26H27N3O6/c1-3-34-23(31)16-29-20-12-8-7-11-19(20)21(33-2)13-14-28(15-22(29)30)26(32)24-25(35-17-27-24)18-9-5-4-6-10-18/h4-12,17,21H,3,13-16H2,1-2H3. The predicted molar refractivity (Wildman–Crippen MR) is 128 cm³/mol. The summed E-state index contributed by atoms with van der Waals surface area (Å²) >= 11 is 0. The van der Waals surface area contributed by atoms with Gasteiger partial charge in [-0.2, -0.15) is 0 Å². The summed E-state index contributed by atoms with van der Waals surface area (Å²) in [6.07, 6.45) is 1.26. The van der Waals surface area contributed by atoms with Gasteiger partial charge in [0.05, 0.1) is 18.4 Å². The normalized spacial score (nSPS) is 16.2. The van der Waals surface area contributed by atoms with Gasteiger partial charge in [-0.05, 0) is 19.4 Å². The number of methoxy groups -OCH3 is 1. The van der Waals surface area contributed by atoms with Crippen LogP contribution in [-0.2, 0) is 19.1 Å². The summed E-state index contributed by atoms with van der Waals surface area (Å²) in [5, 5.41) is 0. The number of rotatable bonds is 6. The molecule has 1 aliphatic rings. The molecule has 2 heterocycles. The van der Waals surface area contributed by atoms with Crippen LogP contribution in [0.3, 0.4) is 0 Å². The number of anilines is 1. The minimum atomic E-state index is -0.537. The van der Waals surface area contributed by atoms with Gasteiger partial charge in [0.2, 0.25) is 5.91 Å². The Balaban J connectivity index is 1.69. The lowest BCUT2D eigenvalue weighted by molar-refractivity contribution is -0.142. The van der Waals surface area contributed by atoms with Crippen LogP contribution in [0.5, 0.6) is 0 Å². The van der Waals surface area contributed by atoms with E-state index in [4.69, 9.17) is 13.9 Å². The largest absolute Gasteiger partial charge is 0.465 e. The molecule has 9 nitrogen and oxygen atoms in total. The van der Waals surface area contributed by atoms with E-state index >= 15 is 0 Å². The van der Waals surface area contributed by atoms with Crippen LogP contribution in [0.1, 0.15) is 35.5 Å². The highest BCUT2D eigenvalue weighted by molar-refractivity contribution is 6.04. The Morgan fingerprint density at radius 1 is 1.11 bits per heavy atom. The van der Waals surface area contributed by atoms with Crippen LogP contribution in [0.15, 0.2) is 65.4 Å². The first-order chi connectivity index (χ1) is 17.0. The van der Waals surface area contributed by atoms with Gasteiger partial charge in [-0.3, -0.25) is 19.3 Å². The molecule has 1 aromatic heterocycles. The summed E-state index contributed by atoms with van der Waals surface area (Å²) < 4.78 is 16.3. The number of carbonyl (C=O) groups excluding carboxylic acids is 3. The molecule has 9 heteroatoms. The predicted octanol–water partition coefficient (Wildman–Crippen LogP) is 3.47. The number of para-hydroxylation sites is 1. The Hall–Kier alpha value is -3.98. The van der Waals surface area contributed by atoms with Gasteiger partial charge < -0.3 is 18.8 Å². The summed E-state index contributed by atoms with van der Waals surface area (Å²) in [7, 11) is 1.58. The van der Waals surface area contributed by atoms with Gasteiger partial charge in [0.25, 0.3) is 5.91 Å². The molecule has 3 aromatic rings. The van der Waals surface area contributed by atoms with Gasteiger partial charge >= 0.3 is 5.97 Å². The fraction of sp³-hybridized carbons (Fsp3) is 0.308. The third-order valence-corrected chi connectivity index (χ3v) is 5.83. The fourth-order valence-corrected chi connectivity index (χ4v) is 4.17. The summed E-state index contributed by atoms with van der Waals surface area (Å²) in [6, 6.07) is 16.4. The zero-order valence-corrected chi connectivity index (χ0v) is 19.7. The van der Waals surface area contributed by atoms with E-state index < -0.39 is 23.9 Å². The van der Waals surface area contributed by atoms with E-state index in [2.05, 4.69) is 4.98 Å². The Labute approximate surface area is 203 Å². The summed E-state index contributed by atoms with van der Waals surface area (Å²) in [5.74, 6) is -1.06. The molecule has 2 amide bonds. The quantitative estimate of drug-likeness (QED) is 0.501. The van der Waals surface area contributed by atoms with Crippen LogP contribution in [0.25, 0.3) is 11.3 Å². The van der Waals surface area contributed by atoms with Gasteiger partial charge in [-0.1, -0.05) is 48.5 Å². The first kappa shape index (κ1) is 24.2. The molecule has 0 spiro atoms. The Bertz CT molecular complexity index is 1190. The summed E-state index contributed by atoms with van der Waals surface area (Å²) in [6.45, 7) is 1.62. The highest BCUT2D eigenvalue weighted by atomic mass is 16.5. The van der Waals surface area contributed by atoms with Gasteiger partial charge in [0.15, 0.2) is 17.8 Å². The molecule has 0 aliphatic carbocycles. The van der Waals surface area contributed by atoms with E-state index in [1.165, 1.54) is 16.2 Å². The van der Waals surface area contributed by atoms with Crippen molar-refractivity contribution >= 4 is 23.5 Å². The van der Waals surface area contributed by atoms with Crippen molar-refractivity contribution in [1.29, 1.82) is 0 Å². The Morgan fingerprint density at radius 2 is 1.86 bits per heavy atom. The van der Waals surface area contributed by atoms with Gasteiger partial charge in [0, 0.05) is 24.8 Å². The van der Waals surface area contributed by atoms with E-state index in [9.17, 15) is 14.4 Å². The van der Waals surface area contributed by atoms with Crippen LogP contribution in [-0.4, -0.2) is 61.0 Å². The first-order valence-electron chi connectivity index (χ1n) is 11.4. The number of benzene rings is 2. The third-order valence-electron chi connectivity index (χ3n) is 5.83. The Morgan fingerprint density at radius 3 is 2.60 bits per heavy atom. The molecule has 4 rings (SSSR count). The molecular weight excluding hydrogens is 450 g/mol. The highest BCUT2D eigenvalue weighted by Crippen LogP contribution is 2.33. The topological polar surface area (TPSA) is 102 Å². The maximum atomic E-state index is 13.6. The minimum absolute atomic E-state index is 0.117. The van der Waals surface area contributed by atoms with Crippen LogP contribution < -0.4 is 4.90 Å². The van der Waals surface area contributed by atoms with Crippen molar-refractivity contribution in [2.24, 2.45) is 0 Å². The zero-order valence-electron chi connectivity index (χ0n) is 19.7. The van der Waals surface area contributed by atoms with E-state index in [0.29, 0.717) is 23.4 Å². The monoisotopic (exact) mass is 477 g/mol. The number of nitrogens with zero attached hydrogens (tertiary/aromatic N) is 3. The minimum Gasteiger partial charge on any atom is -0.465 e. The van der Waals surface area contributed by atoms with Crippen LogP contribution in [0.4, 0.5) is 5.69 Å². The lowest BCUT2D eigenvalue weighted by Gasteiger charge is -2.26. The number of aromatic nitrogens is 1. The molecule has 0 N–H and O–H groups in total. The fourth-order valence-electron chi connectivity index (χ4n) is 4.17. The second kappa shape index (κ2) is 11.0. The van der Waals surface area contributed by atoms with Crippen LogP contribution >= 0.6 is 0 Å². The second-order valence-corrected chi connectivity index (χ2v) is 7.98. The SMILES string of the molecule is CCOC(=O)CN1C(=O)CN(C(=O)c2ncoc2-c2ccccc2)CCC(OC)c2ccccc21. The number of hydrogen-bond acceptors (Lipinski definition) is 7. The number of fused-ring (bicyclic) bond motifs is 1. The molecule has 1 atom stereocenters. The van der Waals surface area contributed by atoms with E-state index in [1.807, 2.05) is 42.5 Å². The van der Waals surface area contributed by atoms with E-state index in [0.717, 1.165) is 5.56 Å². The van der Waals surface area contributed by atoms with Gasteiger partial charge in [0.1, 0.15) is 13.1 Å². The summed E-state index contributed by atoms with van der Waals surface area (Å²) in [5.41, 5.74) is 2.13. The summed E-state index contributed by atoms with van der Waals surface area (Å²) in [4.78, 5) is 46.4. The van der Waals surface area contributed by atoms with Crippen molar-refractivity contribution in [2.75, 3.05) is 38.3 Å². The van der Waals surface area contributed by atoms with Crippen molar-refractivity contribution in [3.8, 4) is 11.3 Å². The highest BCUT2D eigenvalue weighted by Gasteiger charge is 2.32. The second-order valence-electron chi connectivity index (χ2n) is 7.98.